The number of ether oxygens (including phenoxy) is 2. The van der Waals surface area contributed by atoms with Gasteiger partial charge >= 0.3 is 5.97 Å². The highest BCUT2D eigenvalue weighted by atomic mass is 16.5. The molecule has 0 saturated carbocycles. The van der Waals surface area contributed by atoms with Gasteiger partial charge in [-0.25, -0.2) is 0 Å². The maximum Gasteiger partial charge on any atom is 0.311 e. The number of esters is 1. The molecule has 0 aliphatic carbocycles. The second kappa shape index (κ2) is 4.37. The van der Waals surface area contributed by atoms with Crippen LogP contribution in [-0.2, 0) is 19.1 Å². The Balaban J connectivity index is 2.59. The van der Waals surface area contributed by atoms with Gasteiger partial charge in [0.2, 0.25) is 0 Å². The summed E-state index contributed by atoms with van der Waals surface area (Å²) in [5, 5.41) is 0. The molecule has 0 spiro atoms. The van der Waals surface area contributed by atoms with Crippen molar-refractivity contribution >= 4 is 11.8 Å². The van der Waals surface area contributed by atoms with Crippen LogP contribution in [0.5, 0.6) is 0 Å². The zero-order chi connectivity index (χ0) is 9.84. The fourth-order valence-electron chi connectivity index (χ4n) is 1.30. The second-order valence-corrected chi connectivity index (χ2v) is 3.33. The number of hydrogen-bond acceptors (Lipinski definition) is 4. The lowest BCUT2D eigenvalue weighted by Gasteiger charge is -2.09. The van der Waals surface area contributed by atoms with Gasteiger partial charge in [0.25, 0.3) is 0 Å². The number of ketones is 1. The van der Waals surface area contributed by atoms with E-state index >= 15 is 0 Å². The van der Waals surface area contributed by atoms with Crippen LogP contribution in [0.1, 0.15) is 13.3 Å². The molecule has 0 bridgehead atoms. The lowest BCUT2D eigenvalue weighted by Crippen LogP contribution is -2.22. The third-order valence-electron chi connectivity index (χ3n) is 2.22. The highest BCUT2D eigenvalue weighted by Gasteiger charge is 2.28. The van der Waals surface area contributed by atoms with Gasteiger partial charge in [-0.15, -0.1) is 0 Å². The molecule has 4 heteroatoms. The average molecular weight is 186 g/mol. The Labute approximate surface area is 77.2 Å². The minimum atomic E-state index is -0.414. The highest BCUT2D eigenvalue weighted by Crippen LogP contribution is 2.16. The Bertz CT molecular complexity index is 212. The summed E-state index contributed by atoms with van der Waals surface area (Å²) in [5.74, 6) is -0.799. The molecule has 13 heavy (non-hydrogen) atoms. The van der Waals surface area contributed by atoms with Gasteiger partial charge in [-0.1, -0.05) is 6.92 Å². The van der Waals surface area contributed by atoms with E-state index in [-0.39, 0.29) is 24.1 Å². The molecule has 1 aliphatic heterocycles. The lowest BCUT2D eigenvalue weighted by atomic mass is 9.98. The molecule has 2 unspecified atom stereocenters. The van der Waals surface area contributed by atoms with E-state index in [1.807, 2.05) is 6.92 Å². The standard InChI is InChI=1S/C9H14O4/c1-6-4-13-5-7(3-8(6)10)9(11)12-2/h6-7H,3-5H2,1-2H3. The topological polar surface area (TPSA) is 52.6 Å². The van der Waals surface area contributed by atoms with E-state index in [2.05, 4.69) is 4.74 Å². The minimum absolute atomic E-state index is 0.0768. The van der Waals surface area contributed by atoms with Crippen molar-refractivity contribution in [3.05, 3.63) is 0 Å². The van der Waals surface area contributed by atoms with E-state index in [9.17, 15) is 9.59 Å². The Morgan fingerprint density at radius 2 is 2.23 bits per heavy atom. The predicted molar refractivity (Wildman–Crippen MR) is 45.1 cm³/mol. The maximum absolute atomic E-state index is 11.4. The Kier molecular flexibility index (Phi) is 3.42. The minimum Gasteiger partial charge on any atom is -0.469 e. The Morgan fingerprint density at radius 1 is 1.54 bits per heavy atom. The molecule has 4 nitrogen and oxygen atoms in total. The van der Waals surface area contributed by atoms with Crippen LogP contribution in [0.2, 0.25) is 0 Å². The summed E-state index contributed by atoms with van der Waals surface area (Å²) in [6, 6.07) is 0. The molecular weight excluding hydrogens is 172 g/mol. The Hall–Kier alpha value is -0.900. The van der Waals surface area contributed by atoms with Crippen LogP contribution < -0.4 is 0 Å². The smallest absolute Gasteiger partial charge is 0.311 e. The monoisotopic (exact) mass is 186 g/mol. The maximum atomic E-state index is 11.4. The van der Waals surface area contributed by atoms with Crippen molar-refractivity contribution in [2.45, 2.75) is 13.3 Å². The quantitative estimate of drug-likeness (QED) is 0.556. The van der Waals surface area contributed by atoms with Crippen molar-refractivity contribution in [2.75, 3.05) is 20.3 Å². The zero-order valence-corrected chi connectivity index (χ0v) is 7.91. The molecule has 1 aliphatic rings. The number of hydrogen-bond donors (Lipinski definition) is 0. The molecule has 1 rings (SSSR count). The van der Waals surface area contributed by atoms with Crippen molar-refractivity contribution in [2.24, 2.45) is 11.8 Å². The summed E-state index contributed by atoms with van der Waals surface area (Å²) in [4.78, 5) is 22.5. The van der Waals surface area contributed by atoms with Gasteiger partial charge in [0, 0.05) is 12.3 Å². The van der Waals surface area contributed by atoms with E-state index in [0.29, 0.717) is 13.2 Å². The fourth-order valence-corrected chi connectivity index (χ4v) is 1.30. The fraction of sp³-hybridized carbons (Fsp3) is 0.778. The van der Waals surface area contributed by atoms with Crippen LogP contribution in [-0.4, -0.2) is 32.1 Å². The van der Waals surface area contributed by atoms with E-state index in [4.69, 9.17) is 4.74 Å². The molecule has 0 aromatic carbocycles. The van der Waals surface area contributed by atoms with Gasteiger partial charge in [0.15, 0.2) is 0 Å². The van der Waals surface area contributed by atoms with Crippen LogP contribution in [0.4, 0.5) is 0 Å². The van der Waals surface area contributed by atoms with E-state index in [0.717, 1.165) is 0 Å². The van der Waals surface area contributed by atoms with E-state index < -0.39 is 5.92 Å². The lowest BCUT2D eigenvalue weighted by molar-refractivity contribution is -0.148. The first-order chi connectivity index (χ1) is 6.15. The van der Waals surface area contributed by atoms with Crippen molar-refractivity contribution in [1.82, 2.24) is 0 Å². The summed E-state index contributed by atoms with van der Waals surface area (Å²) in [5.41, 5.74) is 0. The summed E-state index contributed by atoms with van der Waals surface area (Å²) in [6.07, 6.45) is 0.244. The SMILES string of the molecule is COC(=O)C1COCC(C)C(=O)C1. The van der Waals surface area contributed by atoms with Crippen molar-refractivity contribution < 1.29 is 19.1 Å². The summed E-state index contributed by atoms with van der Waals surface area (Å²) < 4.78 is 9.75. The van der Waals surface area contributed by atoms with Crippen LogP contribution in [0.3, 0.4) is 0 Å². The molecule has 0 N–H and O–H groups in total. The molecule has 1 heterocycles. The van der Waals surface area contributed by atoms with Gasteiger partial charge in [-0.3, -0.25) is 9.59 Å². The number of Topliss-reactive ketones (excluding diaryl/α,β-unsaturated/α-hetero) is 1. The van der Waals surface area contributed by atoms with Gasteiger partial charge in [0.1, 0.15) is 5.78 Å². The van der Waals surface area contributed by atoms with Crippen molar-refractivity contribution in [1.29, 1.82) is 0 Å². The van der Waals surface area contributed by atoms with E-state index in [1.54, 1.807) is 0 Å². The third-order valence-corrected chi connectivity index (χ3v) is 2.22. The molecule has 0 radical (unpaired) electrons. The third kappa shape index (κ3) is 2.52. The summed E-state index contributed by atoms with van der Waals surface area (Å²) >= 11 is 0. The van der Waals surface area contributed by atoms with Crippen LogP contribution >= 0.6 is 0 Å². The number of carbonyl (C=O) groups is 2. The van der Waals surface area contributed by atoms with Gasteiger partial charge < -0.3 is 9.47 Å². The first kappa shape index (κ1) is 10.2. The molecule has 2 atom stereocenters. The van der Waals surface area contributed by atoms with E-state index in [1.165, 1.54) is 7.11 Å². The van der Waals surface area contributed by atoms with Gasteiger partial charge in [0.05, 0.1) is 26.2 Å². The summed E-state index contributed by atoms with van der Waals surface area (Å²) in [7, 11) is 1.32. The Morgan fingerprint density at radius 3 is 2.85 bits per heavy atom. The highest BCUT2D eigenvalue weighted by molar-refractivity contribution is 5.86. The molecule has 0 aromatic rings. The molecule has 1 saturated heterocycles. The van der Waals surface area contributed by atoms with Gasteiger partial charge in [-0.2, -0.15) is 0 Å². The number of rotatable bonds is 1. The summed E-state index contributed by atoms with van der Waals surface area (Å²) in [6.45, 7) is 2.51. The van der Waals surface area contributed by atoms with Crippen molar-refractivity contribution in [3.8, 4) is 0 Å². The van der Waals surface area contributed by atoms with Crippen LogP contribution in [0, 0.1) is 11.8 Å². The molecular formula is C9H14O4. The molecule has 0 aromatic heterocycles. The van der Waals surface area contributed by atoms with Gasteiger partial charge in [-0.05, 0) is 0 Å². The second-order valence-electron chi connectivity index (χ2n) is 3.33. The molecule has 1 fully saturated rings. The first-order valence-electron chi connectivity index (χ1n) is 4.33. The van der Waals surface area contributed by atoms with Crippen LogP contribution in [0.15, 0.2) is 0 Å². The average Bonchev–Trinajstić information content (AvgIpc) is 2.28. The normalized spacial score (nSPS) is 29.5. The first-order valence-corrected chi connectivity index (χ1v) is 4.33. The molecule has 74 valence electrons. The number of methoxy groups -OCH3 is 1. The molecule has 0 amide bonds. The number of carbonyl (C=O) groups excluding carboxylic acids is 2. The van der Waals surface area contributed by atoms with Crippen molar-refractivity contribution in [3.63, 3.8) is 0 Å². The predicted octanol–water partition coefficient (Wildman–Crippen LogP) is 0.401. The zero-order valence-electron chi connectivity index (χ0n) is 7.91. The largest absolute Gasteiger partial charge is 0.469 e. The van der Waals surface area contributed by atoms with Crippen LogP contribution in [0.25, 0.3) is 0 Å².